The highest BCUT2D eigenvalue weighted by Gasteiger charge is 2.19. The summed E-state index contributed by atoms with van der Waals surface area (Å²) in [7, 11) is 0. The Balaban J connectivity index is 0.000000145. The molecule has 0 aliphatic heterocycles. The van der Waals surface area contributed by atoms with Crippen LogP contribution in [0.1, 0.15) is 0 Å². The zero-order valence-corrected chi connectivity index (χ0v) is 51.4. The molecule has 0 atom stereocenters. The number of hydrogen-bond donors (Lipinski definition) is 0. The van der Waals surface area contributed by atoms with Crippen LogP contribution in [-0.4, -0.2) is 59.8 Å². The van der Waals surface area contributed by atoms with Gasteiger partial charge in [-0.1, -0.05) is 206 Å². The van der Waals surface area contributed by atoms with Gasteiger partial charge in [-0.3, -0.25) is 19.9 Å². The second-order valence-electron chi connectivity index (χ2n) is 23.2. The standard InChI is InChI=1S/2C42H26N6/c1-2-13-34-28(8-1)20-21-36-38(34)35-14-3-4-15-37(35)45-39(36)31-10-5-9-30(24-31)27-16-18-29(19-17-27)40-46-41(32-11-6-22-43-25-32)48-42(47-40)33-12-7-23-44-26-33;1-2-13-32-28(10-1)22-23-34-38(32)33-14-3-4-15-35(33)45-39(34)31-12-9-11-30(26-31)27-18-20-29(21-19-27)40-46-41(36-16-5-7-24-43-36)48-42(47-40)37-17-6-8-25-44-37/h2*1-26H. The van der Waals surface area contributed by atoms with Crippen molar-refractivity contribution < 1.29 is 0 Å². The molecular weight excluding hydrogens is 1180 g/mol. The Kier molecular flexibility index (Phi) is 14.6. The Morgan fingerprint density at radius 2 is 0.562 bits per heavy atom. The Labute approximate surface area is 551 Å². The molecule has 0 fully saturated rings. The summed E-state index contributed by atoms with van der Waals surface area (Å²) in [6.45, 7) is 0. The highest BCUT2D eigenvalue weighted by Crippen LogP contribution is 2.41. The predicted molar refractivity (Wildman–Crippen MR) is 386 cm³/mol. The average Bonchev–Trinajstić information content (AvgIpc) is 0.750. The number of fused-ring (bicyclic) bond motifs is 10. The summed E-state index contributed by atoms with van der Waals surface area (Å²) < 4.78 is 0. The van der Waals surface area contributed by atoms with Gasteiger partial charge in [-0.05, 0) is 117 Å². The number of rotatable bonds is 10. The minimum absolute atomic E-state index is 0.501. The summed E-state index contributed by atoms with van der Waals surface area (Å²) in [5.74, 6) is 3.27. The fourth-order valence-electron chi connectivity index (χ4n) is 12.7. The van der Waals surface area contributed by atoms with E-state index in [9.17, 15) is 0 Å². The number of pyridine rings is 6. The molecule has 0 bridgehead atoms. The Bertz CT molecular complexity index is 5430. The number of benzene rings is 10. The third-order valence-electron chi connectivity index (χ3n) is 17.3. The van der Waals surface area contributed by atoms with Gasteiger partial charge in [0.2, 0.25) is 0 Å². The third kappa shape index (κ3) is 10.9. The van der Waals surface area contributed by atoms with Gasteiger partial charge < -0.3 is 0 Å². The van der Waals surface area contributed by atoms with Gasteiger partial charge in [0.25, 0.3) is 0 Å². The number of nitrogens with zero attached hydrogens (tertiary/aromatic N) is 12. The minimum Gasteiger partial charge on any atom is -0.264 e. The van der Waals surface area contributed by atoms with Crippen LogP contribution in [0.2, 0.25) is 0 Å². The summed E-state index contributed by atoms with van der Waals surface area (Å²) in [6.07, 6.45) is 10.5. The molecule has 96 heavy (non-hydrogen) atoms. The molecule has 18 aromatic rings. The number of hydrogen-bond acceptors (Lipinski definition) is 12. The first-order valence-corrected chi connectivity index (χ1v) is 31.6. The summed E-state index contributed by atoms with van der Waals surface area (Å²) in [6, 6.07) is 95.7. The van der Waals surface area contributed by atoms with E-state index in [1.165, 1.54) is 32.3 Å². The molecule has 448 valence electrons. The summed E-state index contributed by atoms with van der Waals surface area (Å²) in [5, 5.41) is 12.0. The van der Waals surface area contributed by atoms with Gasteiger partial charge in [-0.25, -0.2) is 39.9 Å². The molecular formula is C84H52N12. The van der Waals surface area contributed by atoms with Crippen LogP contribution >= 0.6 is 0 Å². The Morgan fingerprint density at radius 3 is 0.990 bits per heavy atom. The van der Waals surface area contributed by atoms with E-state index in [0.29, 0.717) is 46.3 Å². The topological polar surface area (TPSA) is 155 Å². The molecule has 0 N–H and O–H groups in total. The van der Waals surface area contributed by atoms with Gasteiger partial charge >= 0.3 is 0 Å². The van der Waals surface area contributed by atoms with E-state index < -0.39 is 0 Å². The van der Waals surface area contributed by atoms with Crippen LogP contribution in [0, 0.1) is 0 Å². The van der Waals surface area contributed by atoms with Gasteiger partial charge in [-0.2, -0.15) is 0 Å². The molecule has 0 aliphatic rings. The maximum Gasteiger partial charge on any atom is 0.182 e. The molecule has 0 unspecified atom stereocenters. The second-order valence-corrected chi connectivity index (χ2v) is 23.2. The van der Waals surface area contributed by atoms with Gasteiger partial charge in [0, 0.05) is 103 Å². The zero-order chi connectivity index (χ0) is 63.7. The van der Waals surface area contributed by atoms with Crippen LogP contribution in [0.15, 0.2) is 316 Å². The molecule has 10 aromatic carbocycles. The van der Waals surface area contributed by atoms with E-state index in [1.807, 2.05) is 60.7 Å². The van der Waals surface area contributed by atoms with Crippen LogP contribution in [0.3, 0.4) is 0 Å². The van der Waals surface area contributed by atoms with E-state index >= 15 is 0 Å². The normalized spacial score (nSPS) is 11.3. The maximum absolute atomic E-state index is 5.20. The molecule has 12 nitrogen and oxygen atoms in total. The molecule has 0 amide bonds. The fourth-order valence-corrected chi connectivity index (χ4v) is 12.7. The molecule has 0 aliphatic carbocycles. The fraction of sp³-hybridized carbons (Fsp3) is 0. The lowest BCUT2D eigenvalue weighted by Crippen LogP contribution is -2.01. The molecule has 0 spiro atoms. The van der Waals surface area contributed by atoms with Gasteiger partial charge in [0.1, 0.15) is 11.4 Å². The van der Waals surface area contributed by atoms with E-state index in [1.54, 1.807) is 37.2 Å². The SMILES string of the molecule is c1ccc(-c2nc(-c3ccc(-c4cccc(-c5nc6ccccc6c6c5ccc5ccccc56)c4)cc3)nc(-c3ccccn3)n2)nc1.c1cncc(-c2nc(-c3ccc(-c4cccc(-c5nc6ccccc6c6c5ccc5ccccc56)c4)cc3)nc(-c3cccnc3)n2)c1. The van der Waals surface area contributed by atoms with E-state index in [-0.39, 0.29) is 0 Å². The highest BCUT2D eigenvalue weighted by molar-refractivity contribution is 6.23. The van der Waals surface area contributed by atoms with E-state index in [4.69, 9.17) is 39.9 Å². The molecule has 0 saturated heterocycles. The first-order chi connectivity index (χ1) is 47.6. The van der Waals surface area contributed by atoms with Crippen molar-refractivity contribution in [3.8, 4) is 113 Å². The van der Waals surface area contributed by atoms with Crippen molar-refractivity contribution in [1.82, 2.24) is 59.8 Å². The van der Waals surface area contributed by atoms with Crippen molar-refractivity contribution in [2.45, 2.75) is 0 Å². The zero-order valence-electron chi connectivity index (χ0n) is 51.4. The largest absolute Gasteiger partial charge is 0.264 e. The van der Waals surface area contributed by atoms with Gasteiger partial charge in [0.05, 0.1) is 22.4 Å². The van der Waals surface area contributed by atoms with E-state index in [2.05, 4.69) is 238 Å². The lowest BCUT2D eigenvalue weighted by molar-refractivity contribution is 1.05. The van der Waals surface area contributed by atoms with E-state index in [0.717, 1.165) is 99.6 Å². The first-order valence-electron chi connectivity index (χ1n) is 31.6. The predicted octanol–water partition coefficient (Wildman–Crippen LogP) is 19.7. The molecule has 8 heterocycles. The van der Waals surface area contributed by atoms with Gasteiger partial charge in [-0.15, -0.1) is 0 Å². The molecule has 8 aromatic heterocycles. The lowest BCUT2D eigenvalue weighted by Gasteiger charge is -2.13. The number of aromatic nitrogens is 12. The molecule has 0 saturated carbocycles. The average molecular weight is 1230 g/mol. The lowest BCUT2D eigenvalue weighted by atomic mass is 9.94. The third-order valence-corrected chi connectivity index (χ3v) is 17.3. The smallest absolute Gasteiger partial charge is 0.182 e. The van der Waals surface area contributed by atoms with Crippen molar-refractivity contribution in [3.63, 3.8) is 0 Å². The molecule has 12 heteroatoms. The van der Waals surface area contributed by atoms with Crippen LogP contribution < -0.4 is 0 Å². The van der Waals surface area contributed by atoms with Crippen LogP contribution in [0.4, 0.5) is 0 Å². The van der Waals surface area contributed by atoms with Crippen molar-refractivity contribution in [2.75, 3.05) is 0 Å². The number of para-hydroxylation sites is 2. The highest BCUT2D eigenvalue weighted by atomic mass is 15.1. The summed E-state index contributed by atoms with van der Waals surface area (Å²) in [5.41, 5.74) is 15.2. The van der Waals surface area contributed by atoms with Crippen molar-refractivity contribution in [1.29, 1.82) is 0 Å². The first kappa shape index (κ1) is 56.6. The molecule has 0 radical (unpaired) electrons. The summed E-state index contributed by atoms with van der Waals surface area (Å²) >= 11 is 0. The van der Waals surface area contributed by atoms with Crippen molar-refractivity contribution >= 4 is 64.9 Å². The minimum atomic E-state index is 0.501. The monoisotopic (exact) mass is 1230 g/mol. The Hall–Kier alpha value is -13.3. The van der Waals surface area contributed by atoms with Crippen LogP contribution in [0.5, 0.6) is 0 Å². The Morgan fingerprint density at radius 1 is 0.198 bits per heavy atom. The van der Waals surface area contributed by atoms with Gasteiger partial charge in [0.15, 0.2) is 34.9 Å². The summed E-state index contributed by atoms with van der Waals surface area (Å²) in [4.78, 5) is 56.7. The quantitative estimate of drug-likeness (QED) is 0.120. The maximum atomic E-state index is 5.20. The molecule has 18 rings (SSSR count). The van der Waals surface area contributed by atoms with Crippen LogP contribution in [0.25, 0.3) is 178 Å². The van der Waals surface area contributed by atoms with Crippen molar-refractivity contribution in [3.05, 3.63) is 316 Å². The van der Waals surface area contributed by atoms with Crippen molar-refractivity contribution in [2.24, 2.45) is 0 Å². The second kappa shape index (κ2) is 24.7. The van der Waals surface area contributed by atoms with Crippen LogP contribution in [-0.2, 0) is 0 Å².